The Morgan fingerprint density at radius 2 is 2.32 bits per heavy atom. The van der Waals surface area contributed by atoms with Crippen molar-refractivity contribution in [3.63, 3.8) is 0 Å². The van der Waals surface area contributed by atoms with Crippen LogP contribution < -0.4 is 10.6 Å². The first kappa shape index (κ1) is 13.9. The smallest absolute Gasteiger partial charge is 0.231 e. The van der Waals surface area contributed by atoms with Crippen LogP contribution in [-0.2, 0) is 4.79 Å². The van der Waals surface area contributed by atoms with Gasteiger partial charge in [-0.1, -0.05) is 19.9 Å². The van der Waals surface area contributed by atoms with Crippen LogP contribution >= 0.6 is 0 Å². The average Bonchev–Trinajstić information content (AvgIpc) is 2.39. The summed E-state index contributed by atoms with van der Waals surface area (Å²) >= 11 is 0. The molecule has 2 rings (SSSR count). The molecule has 0 spiro atoms. The highest BCUT2D eigenvalue weighted by Crippen LogP contribution is 2.32. The largest absolute Gasteiger partial charge is 0.316 e. The van der Waals surface area contributed by atoms with Crippen LogP contribution in [0.4, 0.5) is 10.2 Å². The molecule has 0 radical (unpaired) electrons. The number of piperidine rings is 1. The van der Waals surface area contributed by atoms with E-state index in [1.807, 2.05) is 13.8 Å². The molecule has 5 heteroatoms. The SMILES string of the molecule is CC(C)(C(=O)Nc1cccc(F)n1)C1CCCNC1. The fourth-order valence-corrected chi connectivity index (χ4v) is 2.41. The van der Waals surface area contributed by atoms with Crippen molar-refractivity contribution in [2.24, 2.45) is 11.3 Å². The van der Waals surface area contributed by atoms with Gasteiger partial charge in [-0.3, -0.25) is 4.79 Å². The van der Waals surface area contributed by atoms with Crippen molar-refractivity contribution in [2.75, 3.05) is 18.4 Å². The summed E-state index contributed by atoms with van der Waals surface area (Å²) in [6.45, 7) is 5.72. The minimum absolute atomic E-state index is 0.112. The minimum Gasteiger partial charge on any atom is -0.316 e. The van der Waals surface area contributed by atoms with E-state index in [1.54, 1.807) is 6.07 Å². The maximum absolute atomic E-state index is 13.0. The van der Waals surface area contributed by atoms with Gasteiger partial charge >= 0.3 is 0 Å². The summed E-state index contributed by atoms with van der Waals surface area (Å²) in [4.78, 5) is 16.0. The van der Waals surface area contributed by atoms with Gasteiger partial charge in [0.1, 0.15) is 5.82 Å². The normalized spacial score (nSPS) is 20.1. The number of nitrogens with zero attached hydrogens (tertiary/aromatic N) is 1. The van der Waals surface area contributed by atoms with Crippen molar-refractivity contribution in [3.8, 4) is 0 Å². The van der Waals surface area contributed by atoms with Crippen LogP contribution in [0.15, 0.2) is 18.2 Å². The molecule has 1 atom stereocenters. The van der Waals surface area contributed by atoms with Gasteiger partial charge in [-0.05, 0) is 44.0 Å². The van der Waals surface area contributed by atoms with Crippen LogP contribution in [0.3, 0.4) is 0 Å². The first-order valence-corrected chi connectivity index (χ1v) is 6.65. The third kappa shape index (κ3) is 3.29. The molecule has 104 valence electrons. The van der Waals surface area contributed by atoms with Crippen LogP contribution in [0.25, 0.3) is 0 Å². The van der Waals surface area contributed by atoms with E-state index >= 15 is 0 Å². The second-order valence-corrected chi connectivity index (χ2v) is 5.56. The predicted octanol–water partition coefficient (Wildman–Crippen LogP) is 2.18. The number of carbonyl (C=O) groups is 1. The summed E-state index contributed by atoms with van der Waals surface area (Å²) in [5.74, 6) is -0.147. The Morgan fingerprint density at radius 1 is 1.53 bits per heavy atom. The molecule has 1 unspecified atom stereocenters. The van der Waals surface area contributed by atoms with E-state index in [9.17, 15) is 9.18 Å². The van der Waals surface area contributed by atoms with Gasteiger partial charge in [-0.15, -0.1) is 0 Å². The Kier molecular flexibility index (Phi) is 4.14. The lowest BCUT2D eigenvalue weighted by Crippen LogP contribution is -2.44. The highest BCUT2D eigenvalue weighted by molar-refractivity contribution is 5.94. The van der Waals surface area contributed by atoms with Gasteiger partial charge in [0.25, 0.3) is 0 Å². The maximum atomic E-state index is 13.0. The van der Waals surface area contributed by atoms with Crippen LogP contribution in [0.2, 0.25) is 0 Å². The average molecular weight is 265 g/mol. The highest BCUT2D eigenvalue weighted by atomic mass is 19.1. The van der Waals surface area contributed by atoms with Gasteiger partial charge in [0, 0.05) is 5.41 Å². The second kappa shape index (κ2) is 5.65. The Hall–Kier alpha value is -1.49. The molecule has 1 aromatic rings. The van der Waals surface area contributed by atoms with Crippen LogP contribution in [-0.4, -0.2) is 24.0 Å². The third-order valence-electron chi connectivity index (χ3n) is 3.86. The van der Waals surface area contributed by atoms with Crippen molar-refractivity contribution in [1.82, 2.24) is 10.3 Å². The second-order valence-electron chi connectivity index (χ2n) is 5.56. The van der Waals surface area contributed by atoms with Gasteiger partial charge in [0.05, 0.1) is 0 Å². The van der Waals surface area contributed by atoms with Crippen molar-refractivity contribution < 1.29 is 9.18 Å². The van der Waals surface area contributed by atoms with Gasteiger partial charge < -0.3 is 10.6 Å². The lowest BCUT2D eigenvalue weighted by molar-refractivity contribution is -0.127. The zero-order valence-corrected chi connectivity index (χ0v) is 11.4. The lowest BCUT2D eigenvalue weighted by Gasteiger charge is -2.35. The molecular weight excluding hydrogens is 245 g/mol. The Balaban J connectivity index is 2.05. The molecule has 19 heavy (non-hydrogen) atoms. The van der Waals surface area contributed by atoms with Gasteiger partial charge in [0.15, 0.2) is 0 Å². The summed E-state index contributed by atoms with van der Waals surface area (Å²) in [5, 5.41) is 6.02. The number of amides is 1. The summed E-state index contributed by atoms with van der Waals surface area (Å²) in [5.41, 5.74) is -0.499. The Morgan fingerprint density at radius 3 is 2.95 bits per heavy atom. The molecule has 0 bridgehead atoms. The molecule has 1 aliphatic heterocycles. The van der Waals surface area contributed by atoms with E-state index in [4.69, 9.17) is 0 Å². The summed E-state index contributed by atoms with van der Waals surface area (Å²) in [7, 11) is 0. The molecule has 0 saturated carbocycles. The van der Waals surface area contributed by atoms with Gasteiger partial charge in [0.2, 0.25) is 11.9 Å². The number of hydrogen-bond donors (Lipinski definition) is 2. The monoisotopic (exact) mass is 265 g/mol. The number of carbonyl (C=O) groups excluding carboxylic acids is 1. The topological polar surface area (TPSA) is 54.0 Å². The number of anilines is 1. The van der Waals surface area contributed by atoms with Gasteiger partial charge in [-0.2, -0.15) is 4.39 Å². The molecule has 1 aromatic heterocycles. The summed E-state index contributed by atoms with van der Waals surface area (Å²) in [6, 6.07) is 4.38. The Labute approximate surface area is 112 Å². The van der Waals surface area contributed by atoms with Crippen molar-refractivity contribution in [1.29, 1.82) is 0 Å². The molecule has 1 fully saturated rings. The first-order chi connectivity index (χ1) is 9.00. The highest BCUT2D eigenvalue weighted by Gasteiger charge is 2.37. The van der Waals surface area contributed by atoms with Crippen LogP contribution in [0, 0.1) is 17.3 Å². The number of pyridine rings is 1. The summed E-state index contributed by atoms with van der Waals surface area (Å²) in [6.07, 6.45) is 2.11. The molecule has 2 N–H and O–H groups in total. The van der Waals surface area contributed by atoms with Crippen molar-refractivity contribution in [2.45, 2.75) is 26.7 Å². The first-order valence-electron chi connectivity index (χ1n) is 6.65. The van der Waals surface area contributed by atoms with E-state index in [0.29, 0.717) is 0 Å². The lowest BCUT2D eigenvalue weighted by atomic mass is 9.74. The van der Waals surface area contributed by atoms with Crippen LogP contribution in [0.5, 0.6) is 0 Å². The molecule has 0 aromatic carbocycles. The fourth-order valence-electron chi connectivity index (χ4n) is 2.41. The minimum atomic E-state index is -0.588. The van der Waals surface area contributed by atoms with Crippen LogP contribution in [0.1, 0.15) is 26.7 Å². The number of nitrogens with one attached hydrogen (secondary N) is 2. The molecule has 2 heterocycles. The zero-order chi connectivity index (χ0) is 13.9. The number of aromatic nitrogens is 1. The van der Waals surface area contributed by atoms with E-state index in [-0.39, 0.29) is 17.6 Å². The van der Waals surface area contributed by atoms with E-state index < -0.39 is 11.4 Å². The zero-order valence-electron chi connectivity index (χ0n) is 11.4. The van der Waals surface area contributed by atoms with E-state index in [0.717, 1.165) is 25.9 Å². The number of rotatable bonds is 3. The summed E-state index contributed by atoms with van der Waals surface area (Å²) < 4.78 is 13.0. The Bertz CT molecular complexity index is 456. The molecular formula is C14H20FN3O. The molecule has 1 aliphatic rings. The molecule has 4 nitrogen and oxygen atoms in total. The number of hydrogen-bond acceptors (Lipinski definition) is 3. The van der Waals surface area contributed by atoms with Crippen molar-refractivity contribution >= 4 is 11.7 Å². The van der Waals surface area contributed by atoms with Gasteiger partial charge in [-0.25, -0.2) is 4.98 Å². The maximum Gasteiger partial charge on any atom is 0.231 e. The van der Waals surface area contributed by atoms with E-state index in [1.165, 1.54) is 12.1 Å². The quantitative estimate of drug-likeness (QED) is 0.824. The standard InChI is InChI=1S/C14H20FN3O/c1-14(2,10-5-4-8-16-9-10)13(19)18-12-7-3-6-11(15)17-12/h3,6-7,10,16H,4-5,8-9H2,1-2H3,(H,17,18,19). The number of halogens is 1. The third-order valence-corrected chi connectivity index (χ3v) is 3.86. The predicted molar refractivity (Wildman–Crippen MR) is 72.2 cm³/mol. The van der Waals surface area contributed by atoms with E-state index in [2.05, 4.69) is 15.6 Å². The molecule has 0 aliphatic carbocycles. The molecule has 1 saturated heterocycles. The van der Waals surface area contributed by atoms with Crippen molar-refractivity contribution in [3.05, 3.63) is 24.1 Å². The fraction of sp³-hybridized carbons (Fsp3) is 0.571. The molecule has 1 amide bonds.